The van der Waals surface area contributed by atoms with E-state index in [1.807, 2.05) is 23.2 Å². The first kappa shape index (κ1) is 15.0. The molecule has 24 heavy (non-hydrogen) atoms. The zero-order valence-electron chi connectivity index (χ0n) is 12.9. The van der Waals surface area contributed by atoms with E-state index in [2.05, 4.69) is 0 Å². The van der Waals surface area contributed by atoms with E-state index >= 15 is 0 Å². The van der Waals surface area contributed by atoms with Crippen molar-refractivity contribution >= 4 is 34.7 Å². The summed E-state index contributed by atoms with van der Waals surface area (Å²) >= 11 is 6.12. The number of hydrazone groups is 1. The van der Waals surface area contributed by atoms with Crippen LogP contribution < -0.4 is 10.7 Å². The third kappa shape index (κ3) is 2.41. The number of benzene rings is 2. The number of carbonyl (C=O) groups is 1. The number of aromatic carboxylic acids is 1. The first-order valence-electron chi connectivity index (χ1n) is 7.80. The zero-order valence-corrected chi connectivity index (χ0v) is 13.6. The van der Waals surface area contributed by atoms with Crippen molar-refractivity contribution in [2.75, 3.05) is 17.3 Å². The summed E-state index contributed by atoms with van der Waals surface area (Å²) in [7, 11) is 0. The molecule has 4 rings (SSSR count). The lowest BCUT2D eigenvalue weighted by molar-refractivity contribution is 0.0696. The lowest BCUT2D eigenvalue weighted by Crippen LogP contribution is -2.24. The average Bonchev–Trinajstić information content (AvgIpc) is 3.01. The van der Waals surface area contributed by atoms with Crippen LogP contribution >= 0.6 is 11.6 Å². The van der Waals surface area contributed by atoms with Crippen LogP contribution in [0.3, 0.4) is 0 Å². The van der Waals surface area contributed by atoms with E-state index in [4.69, 9.17) is 27.5 Å². The molecule has 0 amide bonds. The highest BCUT2D eigenvalue weighted by atomic mass is 35.5. The van der Waals surface area contributed by atoms with Gasteiger partial charge in [-0.05, 0) is 48.7 Å². The van der Waals surface area contributed by atoms with E-state index in [1.165, 1.54) is 0 Å². The van der Waals surface area contributed by atoms with Crippen LogP contribution in [0.25, 0.3) is 0 Å². The molecule has 0 fully saturated rings. The molecule has 2 aliphatic rings. The molecular weight excluding hydrogens is 326 g/mol. The molecule has 3 N–H and O–H groups in total. The van der Waals surface area contributed by atoms with Gasteiger partial charge in [-0.3, -0.25) is 5.01 Å². The summed E-state index contributed by atoms with van der Waals surface area (Å²) < 4.78 is 0. The minimum absolute atomic E-state index is 0.327. The van der Waals surface area contributed by atoms with Crippen molar-refractivity contribution in [2.45, 2.75) is 12.8 Å². The summed E-state index contributed by atoms with van der Waals surface area (Å²) in [5.41, 5.74) is 10.7. The Morgan fingerprint density at radius 1 is 1.29 bits per heavy atom. The highest BCUT2D eigenvalue weighted by Gasteiger charge is 2.33. The Bertz CT molecular complexity index is 879. The molecule has 0 spiro atoms. The lowest BCUT2D eigenvalue weighted by atomic mass is 9.82. The number of anilines is 2. The molecule has 0 unspecified atom stereocenters. The van der Waals surface area contributed by atoms with Crippen molar-refractivity contribution in [1.82, 2.24) is 0 Å². The Morgan fingerprint density at radius 2 is 2.12 bits per heavy atom. The van der Waals surface area contributed by atoms with E-state index in [0.29, 0.717) is 22.2 Å². The number of carboxylic acids is 1. The summed E-state index contributed by atoms with van der Waals surface area (Å²) in [6.45, 7) is 0.801. The van der Waals surface area contributed by atoms with Crippen molar-refractivity contribution in [1.29, 1.82) is 0 Å². The number of carboxylic acid groups (broad SMARTS) is 1. The second-order valence-corrected chi connectivity index (χ2v) is 6.59. The maximum Gasteiger partial charge on any atom is 0.335 e. The van der Waals surface area contributed by atoms with Gasteiger partial charge < -0.3 is 10.8 Å². The van der Waals surface area contributed by atoms with Gasteiger partial charge in [-0.15, -0.1) is 0 Å². The molecule has 5 nitrogen and oxygen atoms in total. The molecule has 2 aromatic rings. The van der Waals surface area contributed by atoms with Crippen molar-refractivity contribution in [3.8, 4) is 0 Å². The fourth-order valence-electron chi connectivity index (χ4n) is 3.40. The predicted octanol–water partition coefficient (Wildman–Crippen LogP) is 3.41. The fourth-order valence-corrected chi connectivity index (χ4v) is 3.58. The summed E-state index contributed by atoms with van der Waals surface area (Å²) in [5.74, 6) is -0.545. The van der Waals surface area contributed by atoms with Crippen molar-refractivity contribution in [3.63, 3.8) is 0 Å². The smallest absolute Gasteiger partial charge is 0.335 e. The molecule has 6 heteroatoms. The van der Waals surface area contributed by atoms with Crippen molar-refractivity contribution in [2.24, 2.45) is 11.0 Å². The van der Waals surface area contributed by atoms with E-state index in [-0.39, 0.29) is 0 Å². The molecule has 122 valence electrons. The number of hydrogen-bond acceptors (Lipinski definition) is 4. The van der Waals surface area contributed by atoms with Gasteiger partial charge in [-0.2, -0.15) is 5.10 Å². The van der Waals surface area contributed by atoms with Gasteiger partial charge in [0.05, 0.1) is 34.2 Å². The quantitative estimate of drug-likeness (QED) is 0.820. The van der Waals surface area contributed by atoms with Gasteiger partial charge in [0, 0.05) is 11.5 Å². The van der Waals surface area contributed by atoms with E-state index in [0.717, 1.165) is 41.9 Å². The molecule has 0 saturated carbocycles. The third-order valence-corrected chi connectivity index (χ3v) is 5.01. The van der Waals surface area contributed by atoms with Gasteiger partial charge >= 0.3 is 5.97 Å². The fraction of sp³-hybridized carbons (Fsp3) is 0.222. The Labute approximate surface area is 144 Å². The first-order chi connectivity index (χ1) is 11.5. The molecule has 0 aromatic heterocycles. The highest BCUT2D eigenvalue weighted by Crippen LogP contribution is 2.35. The van der Waals surface area contributed by atoms with Gasteiger partial charge in [0.1, 0.15) is 0 Å². The number of nitrogens with zero attached hydrogens (tertiary/aromatic N) is 2. The van der Waals surface area contributed by atoms with E-state index in [1.54, 1.807) is 18.2 Å². The van der Waals surface area contributed by atoms with Crippen LogP contribution in [0.4, 0.5) is 11.4 Å². The largest absolute Gasteiger partial charge is 0.478 e. The minimum Gasteiger partial charge on any atom is -0.478 e. The number of rotatable bonds is 2. The standard InChI is InChI=1S/C18H16ClN3O2/c19-15-8-13(4-6-16(15)20)22-9-12-2-1-10-7-11(18(23)24)3-5-14(10)17(12)21-22/h3-8,12H,1-2,9,20H2,(H,23,24)/t12-/m0/s1. The number of nitrogens with two attached hydrogens (primary N) is 1. The Balaban J connectivity index is 1.71. The van der Waals surface area contributed by atoms with Crippen LogP contribution in [0.5, 0.6) is 0 Å². The molecule has 1 atom stereocenters. The Kier molecular flexibility index (Phi) is 3.46. The molecule has 2 aromatic carbocycles. The summed E-state index contributed by atoms with van der Waals surface area (Å²) in [6, 6.07) is 10.8. The van der Waals surface area contributed by atoms with Crippen molar-refractivity contribution in [3.05, 3.63) is 58.1 Å². The molecule has 1 aliphatic carbocycles. The Morgan fingerprint density at radius 3 is 2.88 bits per heavy atom. The van der Waals surface area contributed by atoms with Crippen LogP contribution in [-0.2, 0) is 6.42 Å². The van der Waals surface area contributed by atoms with E-state index < -0.39 is 5.97 Å². The normalized spacial score (nSPS) is 18.8. The summed E-state index contributed by atoms with van der Waals surface area (Å²) in [4.78, 5) is 11.1. The van der Waals surface area contributed by atoms with E-state index in [9.17, 15) is 4.79 Å². The molecule has 1 aliphatic heterocycles. The van der Waals surface area contributed by atoms with Gasteiger partial charge in [-0.25, -0.2) is 4.79 Å². The molecule has 1 heterocycles. The van der Waals surface area contributed by atoms with Gasteiger partial charge in [-0.1, -0.05) is 17.7 Å². The SMILES string of the molecule is Nc1ccc(N2C[C@@H]3CCc4cc(C(=O)O)ccc4C3=N2)cc1Cl. The van der Waals surface area contributed by atoms with Crippen LogP contribution in [0.1, 0.15) is 27.9 Å². The van der Waals surface area contributed by atoms with Crippen LogP contribution in [0.15, 0.2) is 41.5 Å². The number of fused-ring (bicyclic) bond motifs is 3. The number of aryl methyl sites for hydroxylation is 1. The minimum atomic E-state index is -0.897. The maximum atomic E-state index is 11.1. The second kappa shape index (κ2) is 5.53. The predicted molar refractivity (Wildman–Crippen MR) is 95.0 cm³/mol. The average molecular weight is 342 g/mol. The first-order valence-corrected chi connectivity index (χ1v) is 8.18. The molecule has 0 bridgehead atoms. The van der Waals surface area contributed by atoms with Gasteiger partial charge in [0.15, 0.2) is 0 Å². The van der Waals surface area contributed by atoms with Gasteiger partial charge in [0.2, 0.25) is 0 Å². The van der Waals surface area contributed by atoms with Crippen molar-refractivity contribution < 1.29 is 9.90 Å². The summed E-state index contributed by atoms with van der Waals surface area (Å²) in [6.07, 6.45) is 1.84. The number of hydrogen-bond donors (Lipinski definition) is 2. The monoisotopic (exact) mass is 341 g/mol. The Hall–Kier alpha value is -2.53. The molecular formula is C18H16ClN3O2. The lowest BCUT2D eigenvalue weighted by Gasteiger charge is -2.22. The zero-order chi connectivity index (χ0) is 16.8. The van der Waals surface area contributed by atoms with Gasteiger partial charge in [0.25, 0.3) is 0 Å². The van der Waals surface area contributed by atoms with Crippen LogP contribution in [0, 0.1) is 5.92 Å². The van der Waals surface area contributed by atoms with Crippen LogP contribution in [0.2, 0.25) is 5.02 Å². The summed E-state index contributed by atoms with van der Waals surface area (Å²) in [5, 5.41) is 16.4. The second-order valence-electron chi connectivity index (χ2n) is 6.19. The van der Waals surface area contributed by atoms with Crippen LogP contribution in [-0.4, -0.2) is 23.3 Å². The third-order valence-electron chi connectivity index (χ3n) is 4.68. The maximum absolute atomic E-state index is 11.1. The number of halogens is 1. The highest BCUT2D eigenvalue weighted by molar-refractivity contribution is 6.33. The topological polar surface area (TPSA) is 78.9 Å². The molecule has 0 radical (unpaired) electrons. The molecule has 0 saturated heterocycles. The number of nitrogen functional groups attached to an aromatic ring is 1.